The van der Waals surface area contributed by atoms with Crippen LogP contribution in [0.4, 0.5) is 0 Å². The zero-order chi connectivity index (χ0) is 12.0. The lowest BCUT2D eigenvalue weighted by molar-refractivity contribution is 0.0694. The third kappa shape index (κ3) is 1.94. The predicted octanol–water partition coefficient (Wildman–Crippen LogP) is 2.78. The molecule has 1 atom stereocenters. The smallest absolute Gasteiger partial charge is 0.337 e. The molecule has 1 fully saturated rings. The molecule has 0 bridgehead atoms. The van der Waals surface area contributed by atoms with Crippen molar-refractivity contribution in [1.29, 1.82) is 0 Å². The zero-order valence-electron chi connectivity index (χ0n) is 10.1. The highest BCUT2D eigenvalue weighted by atomic mass is 16.4. The summed E-state index contributed by atoms with van der Waals surface area (Å²) >= 11 is 0. The second kappa shape index (κ2) is 3.83. The Morgan fingerprint density at radius 2 is 2.18 bits per heavy atom. The summed E-state index contributed by atoms with van der Waals surface area (Å²) in [6.07, 6.45) is 5.37. The Kier molecular flexibility index (Phi) is 2.42. The van der Waals surface area contributed by atoms with Crippen LogP contribution >= 0.6 is 0 Å². The van der Waals surface area contributed by atoms with Gasteiger partial charge in [0.1, 0.15) is 0 Å². The van der Waals surface area contributed by atoms with Crippen molar-refractivity contribution in [2.24, 2.45) is 5.92 Å². The van der Waals surface area contributed by atoms with Gasteiger partial charge in [-0.15, -0.1) is 0 Å². The van der Waals surface area contributed by atoms with Gasteiger partial charge in [-0.05, 0) is 49.7 Å². The van der Waals surface area contributed by atoms with E-state index in [-0.39, 0.29) is 0 Å². The minimum absolute atomic E-state index is 0.408. The van der Waals surface area contributed by atoms with Gasteiger partial charge in [-0.1, -0.05) is 6.92 Å². The third-order valence-corrected chi connectivity index (χ3v) is 3.86. The SMILES string of the molecule is CC1CCc2nc(C3CC3)c(C(=O)O)cc2C1. The number of pyridine rings is 1. The maximum Gasteiger partial charge on any atom is 0.337 e. The first-order valence-corrected chi connectivity index (χ1v) is 6.41. The minimum atomic E-state index is -0.819. The maximum absolute atomic E-state index is 11.3. The van der Waals surface area contributed by atoms with E-state index in [1.807, 2.05) is 6.07 Å². The van der Waals surface area contributed by atoms with Gasteiger partial charge < -0.3 is 5.11 Å². The molecule has 0 radical (unpaired) electrons. The summed E-state index contributed by atoms with van der Waals surface area (Å²) < 4.78 is 0. The van der Waals surface area contributed by atoms with Crippen LogP contribution in [0.25, 0.3) is 0 Å². The van der Waals surface area contributed by atoms with Gasteiger partial charge >= 0.3 is 5.97 Å². The Labute approximate surface area is 101 Å². The highest BCUT2D eigenvalue weighted by molar-refractivity contribution is 5.89. The predicted molar refractivity (Wildman–Crippen MR) is 64.4 cm³/mol. The fourth-order valence-corrected chi connectivity index (χ4v) is 2.70. The molecule has 1 aromatic rings. The maximum atomic E-state index is 11.3. The van der Waals surface area contributed by atoms with Crippen LogP contribution in [-0.2, 0) is 12.8 Å². The molecule has 0 aromatic carbocycles. The van der Waals surface area contributed by atoms with Gasteiger partial charge in [0.05, 0.1) is 11.3 Å². The van der Waals surface area contributed by atoms with Crippen LogP contribution in [-0.4, -0.2) is 16.1 Å². The van der Waals surface area contributed by atoms with Crippen molar-refractivity contribution < 1.29 is 9.90 Å². The lowest BCUT2D eigenvalue weighted by Crippen LogP contribution is -2.16. The Hall–Kier alpha value is -1.38. The molecule has 0 spiro atoms. The van der Waals surface area contributed by atoms with Crippen molar-refractivity contribution in [3.05, 3.63) is 28.6 Å². The number of rotatable bonds is 2. The van der Waals surface area contributed by atoms with Crippen molar-refractivity contribution in [3.8, 4) is 0 Å². The number of fused-ring (bicyclic) bond motifs is 1. The molecule has 1 aromatic heterocycles. The number of hydrogen-bond acceptors (Lipinski definition) is 2. The van der Waals surface area contributed by atoms with E-state index < -0.39 is 5.97 Å². The average Bonchev–Trinajstić information content (AvgIpc) is 3.11. The second-order valence-electron chi connectivity index (χ2n) is 5.45. The molecule has 0 aliphatic heterocycles. The van der Waals surface area contributed by atoms with E-state index in [2.05, 4.69) is 11.9 Å². The number of aromatic nitrogens is 1. The summed E-state index contributed by atoms with van der Waals surface area (Å²) in [5.41, 5.74) is 3.59. The molecule has 0 saturated heterocycles. The van der Waals surface area contributed by atoms with E-state index in [0.717, 1.165) is 42.6 Å². The topological polar surface area (TPSA) is 50.2 Å². The largest absolute Gasteiger partial charge is 0.478 e. The summed E-state index contributed by atoms with van der Waals surface area (Å²) in [6, 6.07) is 1.88. The van der Waals surface area contributed by atoms with E-state index in [9.17, 15) is 9.90 Å². The molecule has 3 nitrogen and oxygen atoms in total. The number of carbonyl (C=O) groups is 1. The molecule has 1 N–H and O–H groups in total. The van der Waals surface area contributed by atoms with Gasteiger partial charge in [0.15, 0.2) is 0 Å². The summed E-state index contributed by atoms with van der Waals surface area (Å²) in [6.45, 7) is 2.22. The fraction of sp³-hybridized carbons (Fsp3) is 0.571. The van der Waals surface area contributed by atoms with Crippen molar-refractivity contribution in [3.63, 3.8) is 0 Å². The molecule has 3 rings (SSSR count). The lowest BCUT2D eigenvalue weighted by atomic mass is 9.86. The van der Waals surface area contributed by atoms with Crippen LogP contribution in [0.3, 0.4) is 0 Å². The van der Waals surface area contributed by atoms with E-state index >= 15 is 0 Å². The molecule has 2 aliphatic rings. The first-order chi connectivity index (χ1) is 8.15. The first-order valence-electron chi connectivity index (χ1n) is 6.41. The molecule has 17 heavy (non-hydrogen) atoms. The van der Waals surface area contributed by atoms with Crippen LogP contribution in [0.5, 0.6) is 0 Å². The summed E-state index contributed by atoms with van der Waals surface area (Å²) in [7, 11) is 0. The highest BCUT2D eigenvalue weighted by Gasteiger charge is 2.31. The van der Waals surface area contributed by atoms with Crippen molar-refractivity contribution >= 4 is 5.97 Å². The minimum Gasteiger partial charge on any atom is -0.478 e. The zero-order valence-corrected chi connectivity index (χ0v) is 10.1. The van der Waals surface area contributed by atoms with Crippen LogP contribution in [0.2, 0.25) is 0 Å². The normalized spacial score (nSPS) is 23.2. The Morgan fingerprint density at radius 1 is 1.41 bits per heavy atom. The molecule has 90 valence electrons. The van der Waals surface area contributed by atoms with Crippen LogP contribution < -0.4 is 0 Å². The lowest BCUT2D eigenvalue weighted by Gasteiger charge is -2.22. The number of hydrogen-bond donors (Lipinski definition) is 1. The van der Waals surface area contributed by atoms with E-state index in [4.69, 9.17) is 0 Å². The number of carboxylic acids is 1. The van der Waals surface area contributed by atoms with Crippen LogP contribution in [0.1, 0.15) is 59.4 Å². The summed E-state index contributed by atoms with van der Waals surface area (Å²) in [4.78, 5) is 15.9. The van der Waals surface area contributed by atoms with Crippen molar-refractivity contribution in [2.75, 3.05) is 0 Å². The van der Waals surface area contributed by atoms with Crippen molar-refractivity contribution in [2.45, 2.75) is 44.9 Å². The van der Waals surface area contributed by atoms with Gasteiger partial charge in [0.25, 0.3) is 0 Å². The monoisotopic (exact) mass is 231 g/mol. The summed E-state index contributed by atoms with van der Waals surface area (Å²) in [5, 5.41) is 9.27. The molecule has 2 aliphatic carbocycles. The molecule has 0 amide bonds. The molecular formula is C14H17NO2. The van der Waals surface area contributed by atoms with Gasteiger partial charge in [-0.3, -0.25) is 4.98 Å². The number of aryl methyl sites for hydroxylation is 1. The fourth-order valence-electron chi connectivity index (χ4n) is 2.70. The Bertz CT molecular complexity index is 477. The Morgan fingerprint density at radius 3 is 2.82 bits per heavy atom. The van der Waals surface area contributed by atoms with Gasteiger partial charge in [-0.25, -0.2) is 4.79 Å². The van der Waals surface area contributed by atoms with Crippen LogP contribution in [0, 0.1) is 5.92 Å². The second-order valence-corrected chi connectivity index (χ2v) is 5.45. The molecule has 1 unspecified atom stereocenters. The molecule has 3 heteroatoms. The Balaban J connectivity index is 2.07. The van der Waals surface area contributed by atoms with Gasteiger partial charge in [0.2, 0.25) is 0 Å². The van der Waals surface area contributed by atoms with E-state index in [1.165, 1.54) is 6.42 Å². The molecule has 1 saturated carbocycles. The molecular weight excluding hydrogens is 214 g/mol. The third-order valence-electron chi connectivity index (χ3n) is 3.86. The van der Waals surface area contributed by atoms with Crippen molar-refractivity contribution in [1.82, 2.24) is 4.98 Å². The van der Waals surface area contributed by atoms with E-state index in [1.54, 1.807) is 0 Å². The van der Waals surface area contributed by atoms with Gasteiger partial charge in [-0.2, -0.15) is 0 Å². The highest BCUT2D eigenvalue weighted by Crippen LogP contribution is 2.41. The number of aromatic carboxylic acids is 1. The average molecular weight is 231 g/mol. The van der Waals surface area contributed by atoms with Gasteiger partial charge in [0, 0.05) is 11.6 Å². The van der Waals surface area contributed by atoms with E-state index in [0.29, 0.717) is 17.4 Å². The number of nitrogens with zero attached hydrogens (tertiary/aromatic N) is 1. The molecule has 1 heterocycles. The standard InChI is InChI=1S/C14H17NO2/c1-8-2-5-12-10(6-8)7-11(14(16)17)13(15-12)9-3-4-9/h7-9H,2-6H2,1H3,(H,16,17). The summed E-state index contributed by atoms with van der Waals surface area (Å²) in [5.74, 6) is 0.240. The van der Waals surface area contributed by atoms with Crippen LogP contribution in [0.15, 0.2) is 6.07 Å². The number of carboxylic acid groups (broad SMARTS) is 1. The first kappa shape index (κ1) is 10.8. The quantitative estimate of drug-likeness (QED) is 0.851.